The number of nitrogens with zero attached hydrogens (tertiary/aromatic N) is 3. The molecule has 5 heteroatoms. The van der Waals surface area contributed by atoms with Gasteiger partial charge in [-0.05, 0) is 19.1 Å². The maximum Gasteiger partial charge on any atom is 0.307 e. The third kappa shape index (κ3) is 2.91. The largest absolute Gasteiger partial charge is 0.466 e. The predicted molar refractivity (Wildman–Crippen MR) is 70.3 cm³/mol. The van der Waals surface area contributed by atoms with Crippen molar-refractivity contribution in [2.24, 2.45) is 0 Å². The zero-order chi connectivity index (χ0) is 13.7. The molecule has 1 heterocycles. The monoisotopic (exact) mass is 257 g/mol. The molecule has 0 radical (unpaired) electrons. The van der Waals surface area contributed by atoms with Crippen LogP contribution in [0.1, 0.15) is 19.2 Å². The molecule has 19 heavy (non-hydrogen) atoms. The molecule has 0 aliphatic heterocycles. The highest BCUT2D eigenvalue weighted by molar-refractivity contribution is 5.76. The number of esters is 1. The number of hydrogen-bond donors (Lipinski definition) is 0. The molecule has 98 valence electrons. The van der Waals surface area contributed by atoms with Crippen LogP contribution in [0.3, 0.4) is 0 Å². The van der Waals surface area contributed by atoms with Crippen molar-refractivity contribution in [2.45, 2.75) is 26.3 Å². The molecule has 0 unspecified atom stereocenters. The Bertz CT molecular complexity index is 625. The maximum atomic E-state index is 11.4. The van der Waals surface area contributed by atoms with Crippen LogP contribution >= 0.6 is 0 Å². The Labute approximate surface area is 111 Å². The summed E-state index contributed by atoms with van der Waals surface area (Å²) in [6.45, 7) is 2.65. The molecule has 0 spiro atoms. The topological polar surface area (TPSA) is 67.9 Å². The van der Waals surface area contributed by atoms with E-state index >= 15 is 0 Å². The summed E-state index contributed by atoms with van der Waals surface area (Å²) in [4.78, 5) is 15.8. The van der Waals surface area contributed by atoms with E-state index in [2.05, 4.69) is 11.1 Å². The fraction of sp³-hybridized carbons (Fsp3) is 0.357. The van der Waals surface area contributed by atoms with Gasteiger partial charge in [0.1, 0.15) is 5.82 Å². The van der Waals surface area contributed by atoms with E-state index in [0.29, 0.717) is 19.0 Å². The smallest absolute Gasteiger partial charge is 0.307 e. The van der Waals surface area contributed by atoms with Gasteiger partial charge in [0.25, 0.3) is 0 Å². The lowest BCUT2D eigenvalue weighted by atomic mass is 10.3. The molecular formula is C14H15N3O2. The first kappa shape index (κ1) is 13.1. The fourth-order valence-corrected chi connectivity index (χ4v) is 2.02. The van der Waals surface area contributed by atoms with Gasteiger partial charge in [-0.2, -0.15) is 5.26 Å². The van der Waals surface area contributed by atoms with E-state index in [1.54, 1.807) is 6.92 Å². The van der Waals surface area contributed by atoms with E-state index in [1.165, 1.54) is 0 Å². The van der Waals surface area contributed by atoms with Crippen molar-refractivity contribution in [3.05, 3.63) is 30.1 Å². The second kappa shape index (κ2) is 6.01. The zero-order valence-electron chi connectivity index (χ0n) is 10.8. The van der Waals surface area contributed by atoms with Gasteiger partial charge in [0, 0.05) is 6.54 Å². The van der Waals surface area contributed by atoms with Crippen molar-refractivity contribution in [1.82, 2.24) is 9.55 Å². The summed E-state index contributed by atoms with van der Waals surface area (Å²) in [5, 5.41) is 8.84. The van der Waals surface area contributed by atoms with Crippen LogP contribution in [-0.2, 0) is 22.5 Å². The minimum Gasteiger partial charge on any atom is -0.466 e. The minimum absolute atomic E-state index is 0.233. The molecule has 0 atom stereocenters. The summed E-state index contributed by atoms with van der Waals surface area (Å²) >= 11 is 0. The summed E-state index contributed by atoms with van der Waals surface area (Å²) in [6, 6.07) is 9.76. The number of carbonyl (C=O) groups excluding carboxylic acids is 1. The summed E-state index contributed by atoms with van der Waals surface area (Å²) < 4.78 is 6.83. The van der Waals surface area contributed by atoms with Crippen molar-refractivity contribution < 1.29 is 9.53 Å². The summed E-state index contributed by atoms with van der Waals surface area (Å²) in [5.74, 6) is 0.455. The Hall–Kier alpha value is -2.35. The third-order valence-electron chi connectivity index (χ3n) is 2.82. The van der Waals surface area contributed by atoms with Crippen molar-refractivity contribution >= 4 is 17.0 Å². The lowest BCUT2D eigenvalue weighted by Gasteiger charge is -2.07. The standard InChI is InChI=1S/C14H15N3O2/c1-2-19-14(18)8-10-17-12-6-4-3-5-11(12)16-13(17)7-9-15/h3-6H,2,7-8,10H2,1H3. The third-order valence-corrected chi connectivity index (χ3v) is 2.82. The highest BCUT2D eigenvalue weighted by Crippen LogP contribution is 2.17. The second-order valence-electron chi connectivity index (χ2n) is 4.06. The van der Waals surface area contributed by atoms with E-state index in [4.69, 9.17) is 10.00 Å². The van der Waals surface area contributed by atoms with Gasteiger partial charge in [-0.1, -0.05) is 12.1 Å². The van der Waals surface area contributed by atoms with Crippen molar-refractivity contribution in [3.8, 4) is 6.07 Å². The molecule has 5 nitrogen and oxygen atoms in total. The Morgan fingerprint density at radius 2 is 2.26 bits per heavy atom. The van der Waals surface area contributed by atoms with Gasteiger partial charge >= 0.3 is 5.97 Å². The van der Waals surface area contributed by atoms with Crippen LogP contribution in [0.5, 0.6) is 0 Å². The Morgan fingerprint density at radius 1 is 1.47 bits per heavy atom. The maximum absolute atomic E-state index is 11.4. The number of rotatable bonds is 5. The van der Waals surface area contributed by atoms with Gasteiger partial charge in [0.2, 0.25) is 0 Å². The van der Waals surface area contributed by atoms with Gasteiger partial charge in [0.05, 0.1) is 36.6 Å². The molecule has 1 aromatic carbocycles. The molecule has 0 bridgehead atoms. The lowest BCUT2D eigenvalue weighted by molar-refractivity contribution is -0.143. The van der Waals surface area contributed by atoms with Gasteiger partial charge in [-0.25, -0.2) is 4.98 Å². The zero-order valence-corrected chi connectivity index (χ0v) is 10.8. The average Bonchev–Trinajstić information content (AvgIpc) is 2.75. The predicted octanol–water partition coefficient (Wildman–Crippen LogP) is 2.06. The molecule has 2 rings (SSSR count). The molecule has 0 N–H and O–H groups in total. The summed E-state index contributed by atoms with van der Waals surface area (Å²) in [5.41, 5.74) is 1.79. The first-order valence-electron chi connectivity index (χ1n) is 6.23. The van der Waals surface area contributed by atoms with Crippen molar-refractivity contribution in [3.63, 3.8) is 0 Å². The number of para-hydroxylation sites is 2. The van der Waals surface area contributed by atoms with Gasteiger partial charge in [-0.3, -0.25) is 4.79 Å². The van der Waals surface area contributed by atoms with E-state index in [0.717, 1.165) is 11.0 Å². The number of benzene rings is 1. The van der Waals surface area contributed by atoms with Crippen molar-refractivity contribution in [2.75, 3.05) is 6.61 Å². The summed E-state index contributed by atoms with van der Waals surface area (Å²) in [6.07, 6.45) is 0.518. The van der Waals surface area contributed by atoms with Crippen LogP contribution in [0.25, 0.3) is 11.0 Å². The molecule has 0 aliphatic rings. The minimum atomic E-state index is -0.233. The molecule has 0 fully saturated rings. The molecular weight excluding hydrogens is 242 g/mol. The van der Waals surface area contributed by atoms with Gasteiger partial charge in [0.15, 0.2) is 0 Å². The Morgan fingerprint density at radius 3 is 3.00 bits per heavy atom. The highest BCUT2D eigenvalue weighted by atomic mass is 16.5. The van der Waals surface area contributed by atoms with E-state index in [1.807, 2.05) is 28.8 Å². The summed E-state index contributed by atoms with van der Waals surface area (Å²) in [7, 11) is 0. The van der Waals surface area contributed by atoms with E-state index < -0.39 is 0 Å². The normalized spacial score (nSPS) is 10.3. The Kier molecular flexibility index (Phi) is 4.14. The number of hydrogen-bond acceptors (Lipinski definition) is 4. The quantitative estimate of drug-likeness (QED) is 0.769. The van der Waals surface area contributed by atoms with Crippen LogP contribution in [0.2, 0.25) is 0 Å². The van der Waals surface area contributed by atoms with Crippen LogP contribution in [-0.4, -0.2) is 22.1 Å². The molecule has 0 saturated heterocycles. The number of ether oxygens (including phenoxy) is 1. The average molecular weight is 257 g/mol. The van der Waals surface area contributed by atoms with Gasteiger partial charge in [-0.15, -0.1) is 0 Å². The molecule has 2 aromatic rings. The number of fused-ring (bicyclic) bond motifs is 1. The SMILES string of the molecule is CCOC(=O)CCn1c(CC#N)nc2ccccc21. The lowest BCUT2D eigenvalue weighted by Crippen LogP contribution is -2.11. The Balaban J connectivity index is 2.26. The number of aromatic nitrogens is 2. The molecule has 1 aromatic heterocycles. The first-order chi connectivity index (χ1) is 9.26. The second-order valence-corrected chi connectivity index (χ2v) is 4.06. The number of aryl methyl sites for hydroxylation is 1. The molecule has 0 saturated carbocycles. The number of imidazole rings is 1. The molecule has 0 aliphatic carbocycles. The van der Waals surface area contributed by atoms with Crippen LogP contribution < -0.4 is 0 Å². The van der Waals surface area contributed by atoms with Gasteiger partial charge < -0.3 is 9.30 Å². The number of nitriles is 1. The van der Waals surface area contributed by atoms with Crippen molar-refractivity contribution in [1.29, 1.82) is 5.26 Å². The van der Waals surface area contributed by atoms with Crippen LogP contribution in [0.4, 0.5) is 0 Å². The van der Waals surface area contributed by atoms with Crippen LogP contribution in [0, 0.1) is 11.3 Å². The van der Waals surface area contributed by atoms with E-state index in [9.17, 15) is 4.79 Å². The highest BCUT2D eigenvalue weighted by Gasteiger charge is 2.11. The number of carbonyl (C=O) groups is 1. The fourth-order valence-electron chi connectivity index (χ4n) is 2.02. The van der Waals surface area contributed by atoms with E-state index in [-0.39, 0.29) is 18.8 Å². The van der Waals surface area contributed by atoms with Crippen LogP contribution in [0.15, 0.2) is 24.3 Å². The molecule has 0 amide bonds. The first-order valence-corrected chi connectivity index (χ1v) is 6.23.